The molecule has 0 radical (unpaired) electrons. The first-order chi connectivity index (χ1) is 18.7. The second kappa shape index (κ2) is 11.9. The Morgan fingerprint density at radius 1 is 1.05 bits per heavy atom. The number of fused-ring (bicyclic) bond motifs is 1. The van der Waals surface area contributed by atoms with Gasteiger partial charge in [-0.15, -0.1) is 0 Å². The summed E-state index contributed by atoms with van der Waals surface area (Å²) in [7, 11) is 3.27. The van der Waals surface area contributed by atoms with E-state index in [0.717, 1.165) is 5.56 Å². The van der Waals surface area contributed by atoms with Crippen LogP contribution in [0.15, 0.2) is 34.0 Å². The van der Waals surface area contributed by atoms with Gasteiger partial charge in [0.1, 0.15) is 5.82 Å². The number of nitrogens with zero attached hydrogens (tertiary/aromatic N) is 5. The molecule has 11 nitrogen and oxygen atoms in total. The number of anilines is 3. The SMILES string of the molecule is CCc1cnc(N2CCC(F)(F)CC2)nc1Nc1ccc2c(c1)n(CCC(=O)NC)c(=O)c(=O)n2CCNC. The van der Waals surface area contributed by atoms with Gasteiger partial charge in [0, 0.05) is 76.5 Å². The highest BCUT2D eigenvalue weighted by atomic mass is 19.3. The van der Waals surface area contributed by atoms with Crippen molar-refractivity contribution in [1.29, 1.82) is 0 Å². The van der Waals surface area contributed by atoms with Crippen LogP contribution in [-0.4, -0.2) is 64.7 Å². The number of nitrogens with one attached hydrogen (secondary N) is 3. The quantitative estimate of drug-likeness (QED) is 0.330. The molecule has 3 heterocycles. The minimum atomic E-state index is -2.67. The number of rotatable bonds is 10. The number of carbonyl (C=O) groups excluding carboxylic acids is 1. The van der Waals surface area contributed by atoms with Crippen molar-refractivity contribution < 1.29 is 13.6 Å². The summed E-state index contributed by atoms with van der Waals surface area (Å²) < 4.78 is 30.1. The van der Waals surface area contributed by atoms with Crippen molar-refractivity contribution in [3.05, 3.63) is 50.7 Å². The van der Waals surface area contributed by atoms with Gasteiger partial charge in [-0.1, -0.05) is 6.92 Å². The molecule has 1 aliphatic rings. The topological polar surface area (TPSA) is 126 Å². The molecule has 1 saturated heterocycles. The Morgan fingerprint density at radius 3 is 2.38 bits per heavy atom. The van der Waals surface area contributed by atoms with E-state index in [1.54, 1.807) is 36.3 Å². The number of likely N-dealkylation sites (N-methyl/N-ethyl adjacent to an activating group) is 1. The Balaban J connectivity index is 1.74. The molecule has 1 aliphatic heterocycles. The monoisotopic (exact) mass is 544 g/mol. The molecule has 3 N–H and O–H groups in total. The number of carbonyl (C=O) groups is 1. The molecular formula is C26H34F2N8O3. The summed E-state index contributed by atoms with van der Waals surface area (Å²) in [6, 6.07) is 5.29. The summed E-state index contributed by atoms with van der Waals surface area (Å²) >= 11 is 0. The van der Waals surface area contributed by atoms with Crippen LogP contribution >= 0.6 is 0 Å². The molecule has 0 saturated carbocycles. The van der Waals surface area contributed by atoms with Crippen molar-refractivity contribution in [2.45, 2.75) is 51.6 Å². The second-order valence-corrected chi connectivity index (χ2v) is 9.51. The maximum Gasteiger partial charge on any atom is 0.316 e. The molecule has 0 spiro atoms. The van der Waals surface area contributed by atoms with Crippen molar-refractivity contribution in [3.63, 3.8) is 0 Å². The molecule has 0 atom stereocenters. The van der Waals surface area contributed by atoms with Crippen molar-refractivity contribution in [3.8, 4) is 0 Å². The largest absolute Gasteiger partial charge is 0.359 e. The van der Waals surface area contributed by atoms with E-state index >= 15 is 0 Å². The zero-order valence-electron chi connectivity index (χ0n) is 22.4. The maximum atomic E-state index is 13.7. The number of benzene rings is 1. The van der Waals surface area contributed by atoms with Crippen LogP contribution < -0.4 is 32.0 Å². The van der Waals surface area contributed by atoms with Crippen LogP contribution in [0.4, 0.5) is 26.2 Å². The third kappa shape index (κ3) is 6.24. The van der Waals surface area contributed by atoms with Gasteiger partial charge in [0.05, 0.1) is 11.0 Å². The van der Waals surface area contributed by atoms with E-state index in [1.165, 1.54) is 16.2 Å². The van der Waals surface area contributed by atoms with E-state index in [1.807, 2.05) is 6.92 Å². The number of halogens is 2. The fraction of sp³-hybridized carbons (Fsp3) is 0.500. The Labute approximate surface area is 224 Å². The second-order valence-electron chi connectivity index (χ2n) is 9.51. The van der Waals surface area contributed by atoms with Crippen molar-refractivity contribution in [1.82, 2.24) is 29.7 Å². The first-order valence-electron chi connectivity index (χ1n) is 13.1. The lowest BCUT2D eigenvalue weighted by atomic mass is 10.1. The maximum absolute atomic E-state index is 13.7. The van der Waals surface area contributed by atoms with E-state index in [2.05, 4.69) is 25.9 Å². The number of hydrogen-bond donors (Lipinski definition) is 3. The third-order valence-corrected chi connectivity index (χ3v) is 6.93. The minimum absolute atomic E-state index is 0.0350. The molecule has 13 heteroatoms. The lowest BCUT2D eigenvalue weighted by Gasteiger charge is -2.32. The first-order valence-corrected chi connectivity index (χ1v) is 13.1. The molecule has 1 amide bonds. The van der Waals surface area contributed by atoms with Gasteiger partial charge in [0.15, 0.2) is 0 Å². The first kappa shape index (κ1) is 28.1. The average molecular weight is 545 g/mol. The number of piperidine rings is 1. The number of aryl methyl sites for hydroxylation is 2. The molecule has 0 aliphatic carbocycles. The standard InChI is InChI=1S/C26H34F2N8O3/c1-4-17-16-31-25(34-12-8-26(27,28)9-13-34)33-22(17)32-18-5-6-19-20(15-18)35(11-7-21(37)30-3)23(38)24(39)36(19)14-10-29-2/h5-6,15-16,29H,4,7-14H2,1-3H3,(H,30,37)(H,31,32,33). The van der Waals surface area contributed by atoms with Crippen LogP contribution in [0.5, 0.6) is 0 Å². The minimum Gasteiger partial charge on any atom is -0.359 e. The van der Waals surface area contributed by atoms with Crippen molar-refractivity contribution in [2.24, 2.45) is 0 Å². The summed E-state index contributed by atoms with van der Waals surface area (Å²) in [5.41, 5.74) is 1.13. The van der Waals surface area contributed by atoms with E-state index < -0.39 is 17.0 Å². The predicted molar refractivity (Wildman–Crippen MR) is 146 cm³/mol. The third-order valence-electron chi connectivity index (χ3n) is 6.93. The highest BCUT2D eigenvalue weighted by Gasteiger charge is 2.35. The van der Waals surface area contributed by atoms with Gasteiger partial charge in [0.2, 0.25) is 11.9 Å². The fourth-order valence-electron chi connectivity index (χ4n) is 4.59. The van der Waals surface area contributed by atoms with Gasteiger partial charge >= 0.3 is 11.1 Å². The van der Waals surface area contributed by atoms with E-state index in [4.69, 9.17) is 0 Å². The summed E-state index contributed by atoms with van der Waals surface area (Å²) in [5, 5.41) is 8.81. The molecule has 0 bridgehead atoms. The number of aromatic nitrogens is 4. The van der Waals surface area contributed by atoms with Gasteiger partial charge in [-0.2, -0.15) is 4.98 Å². The molecular weight excluding hydrogens is 510 g/mol. The van der Waals surface area contributed by atoms with E-state index in [9.17, 15) is 23.2 Å². The molecule has 4 rings (SSSR count). The summed E-state index contributed by atoms with van der Waals surface area (Å²) in [6.07, 6.45) is 1.86. The van der Waals surface area contributed by atoms with Crippen LogP contribution in [0.2, 0.25) is 0 Å². The van der Waals surface area contributed by atoms with Crippen LogP contribution in [0.3, 0.4) is 0 Å². The highest BCUT2D eigenvalue weighted by Crippen LogP contribution is 2.30. The Kier molecular flexibility index (Phi) is 8.58. The van der Waals surface area contributed by atoms with Gasteiger partial charge < -0.3 is 30.0 Å². The van der Waals surface area contributed by atoms with Crippen LogP contribution in [-0.2, 0) is 24.3 Å². The van der Waals surface area contributed by atoms with Crippen molar-refractivity contribution >= 4 is 34.4 Å². The molecule has 1 aromatic carbocycles. The fourth-order valence-corrected chi connectivity index (χ4v) is 4.59. The molecule has 0 unspecified atom stereocenters. The Morgan fingerprint density at radius 2 is 1.74 bits per heavy atom. The van der Waals surface area contributed by atoms with Gasteiger partial charge in [0.25, 0.3) is 5.92 Å². The zero-order valence-corrected chi connectivity index (χ0v) is 22.4. The van der Waals surface area contributed by atoms with Crippen molar-refractivity contribution in [2.75, 3.05) is 43.9 Å². The number of amides is 1. The normalized spacial score (nSPS) is 14.9. The number of alkyl halides is 2. The molecule has 2 aromatic heterocycles. The summed E-state index contributed by atoms with van der Waals surface area (Å²) in [4.78, 5) is 48.7. The lowest BCUT2D eigenvalue weighted by Crippen LogP contribution is -2.43. The van der Waals surface area contributed by atoms with Crippen LogP contribution in [0, 0.1) is 0 Å². The van der Waals surface area contributed by atoms with E-state index in [0.29, 0.717) is 48.0 Å². The van der Waals surface area contributed by atoms with E-state index in [-0.39, 0.29) is 44.8 Å². The van der Waals surface area contributed by atoms with Gasteiger partial charge in [-0.05, 0) is 31.7 Å². The average Bonchev–Trinajstić information content (AvgIpc) is 2.93. The predicted octanol–water partition coefficient (Wildman–Crippen LogP) is 1.85. The zero-order chi connectivity index (χ0) is 28.2. The van der Waals surface area contributed by atoms with Gasteiger partial charge in [-0.25, -0.2) is 13.8 Å². The highest BCUT2D eigenvalue weighted by molar-refractivity contribution is 5.81. The molecule has 3 aromatic rings. The summed E-state index contributed by atoms with van der Waals surface area (Å²) in [5.74, 6) is -2.02. The summed E-state index contributed by atoms with van der Waals surface area (Å²) in [6.45, 7) is 3.11. The Hall–Kier alpha value is -3.87. The van der Waals surface area contributed by atoms with Crippen LogP contribution in [0.1, 0.15) is 31.7 Å². The van der Waals surface area contributed by atoms with Crippen LogP contribution in [0.25, 0.3) is 11.0 Å². The molecule has 210 valence electrons. The van der Waals surface area contributed by atoms with Gasteiger partial charge in [-0.3, -0.25) is 14.4 Å². The lowest BCUT2D eigenvalue weighted by molar-refractivity contribution is -0.120. The molecule has 39 heavy (non-hydrogen) atoms. The smallest absolute Gasteiger partial charge is 0.316 e. The number of hydrogen-bond acceptors (Lipinski definition) is 8. The Bertz CT molecular complexity index is 1460. The molecule has 1 fully saturated rings.